The highest BCUT2D eigenvalue weighted by Crippen LogP contribution is 2.19. The van der Waals surface area contributed by atoms with Crippen molar-refractivity contribution < 1.29 is 8.42 Å². The van der Waals surface area contributed by atoms with E-state index in [0.29, 0.717) is 26.2 Å². The van der Waals surface area contributed by atoms with Gasteiger partial charge in [-0.1, -0.05) is 0 Å². The van der Waals surface area contributed by atoms with Crippen LogP contribution in [0.25, 0.3) is 0 Å². The Kier molecular flexibility index (Phi) is 2.58. The molecule has 0 aromatic rings. The molecule has 2 heterocycles. The number of rotatable bonds is 2. The number of piperidine rings is 1. The molecule has 0 bridgehead atoms. The van der Waals surface area contributed by atoms with E-state index in [-0.39, 0.29) is 0 Å². The van der Waals surface area contributed by atoms with Gasteiger partial charge < -0.3 is 0 Å². The van der Waals surface area contributed by atoms with Gasteiger partial charge in [0.1, 0.15) is 0 Å². The van der Waals surface area contributed by atoms with Crippen molar-refractivity contribution in [1.82, 2.24) is 8.61 Å². The van der Waals surface area contributed by atoms with Crippen molar-refractivity contribution in [1.29, 1.82) is 0 Å². The van der Waals surface area contributed by atoms with Crippen LogP contribution in [0.4, 0.5) is 0 Å². The predicted molar refractivity (Wildman–Crippen MR) is 50.2 cm³/mol. The maximum absolute atomic E-state index is 11.8. The van der Waals surface area contributed by atoms with Gasteiger partial charge in [-0.2, -0.15) is 17.0 Å². The minimum absolute atomic E-state index is 0.596. The van der Waals surface area contributed by atoms with Crippen LogP contribution in [0.1, 0.15) is 19.3 Å². The van der Waals surface area contributed by atoms with E-state index in [1.54, 1.807) is 8.61 Å². The van der Waals surface area contributed by atoms with Crippen LogP contribution in [0.3, 0.4) is 0 Å². The molecule has 2 fully saturated rings. The zero-order valence-corrected chi connectivity index (χ0v) is 8.46. The second-order valence-electron chi connectivity index (χ2n) is 3.55. The molecule has 2 saturated heterocycles. The topological polar surface area (TPSA) is 40.6 Å². The second kappa shape index (κ2) is 3.55. The summed E-state index contributed by atoms with van der Waals surface area (Å²) < 4.78 is 26.7. The summed E-state index contributed by atoms with van der Waals surface area (Å²) >= 11 is 0. The molecule has 0 atom stereocenters. The van der Waals surface area contributed by atoms with Crippen molar-refractivity contribution in [3.8, 4) is 0 Å². The Morgan fingerprint density at radius 3 is 2.15 bits per heavy atom. The van der Waals surface area contributed by atoms with Gasteiger partial charge in [-0.15, -0.1) is 0 Å². The van der Waals surface area contributed by atoms with E-state index in [9.17, 15) is 8.42 Å². The molecule has 0 aromatic carbocycles. The number of hydrogen-bond donors (Lipinski definition) is 0. The summed E-state index contributed by atoms with van der Waals surface area (Å²) in [5, 5.41) is 0. The zero-order valence-electron chi connectivity index (χ0n) is 7.65. The molecule has 2 rings (SSSR count). The Hall–Kier alpha value is -0.130. The Morgan fingerprint density at radius 1 is 1.00 bits per heavy atom. The third-order valence-corrected chi connectivity index (χ3v) is 4.62. The first-order chi connectivity index (χ1) is 6.21. The maximum atomic E-state index is 11.8. The summed E-state index contributed by atoms with van der Waals surface area (Å²) in [6.07, 6.45) is 5.07. The minimum Gasteiger partial charge on any atom is -0.195 e. The van der Waals surface area contributed by atoms with Gasteiger partial charge >= 0.3 is 0 Å². The van der Waals surface area contributed by atoms with E-state index >= 15 is 0 Å². The first-order valence-electron chi connectivity index (χ1n) is 4.78. The summed E-state index contributed by atoms with van der Waals surface area (Å²) in [6.45, 7) is 2.70. The quantitative estimate of drug-likeness (QED) is 0.645. The van der Waals surface area contributed by atoms with Gasteiger partial charge in [0.2, 0.25) is 0 Å². The molecule has 0 amide bonds. The average Bonchev–Trinajstić information content (AvgIpc) is 2.02. The monoisotopic (exact) mass is 203 g/mol. The molecule has 0 aliphatic carbocycles. The lowest BCUT2D eigenvalue weighted by molar-refractivity contribution is 0.268. The molecular formula is C8H15N2O2S. The van der Waals surface area contributed by atoms with Gasteiger partial charge in [-0.3, -0.25) is 0 Å². The molecule has 0 spiro atoms. The SMILES string of the molecule is O=S(=O)(N1C[CH]CCC1)N1CCC1. The molecular weight excluding hydrogens is 188 g/mol. The summed E-state index contributed by atoms with van der Waals surface area (Å²) in [5.74, 6) is 0. The minimum atomic E-state index is -3.09. The van der Waals surface area contributed by atoms with Gasteiger partial charge in [0.25, 0.3) is 10.2 Å². The van der Waals surface area contributed by atoms with E-state index in [1.807, 2.05) is 6.42 Å². The van der Waals surface area contributed by atoms with Gasteiger partial charge in [-0.25, -0.2) is 0 Å². The van der Waals surface area contributed by atoms with Crippen LogP contribution >= 0.6 is 0 Å². The standard InChI is InChI=1S/C8H15N2O2S/c11-13(12,10-7-4-8-10)9-5-2-1-3-6-9/h2H,1,3-8H2. The largest absolute Gasteiger partial charge is 0.281 e. The Morgan fingerprint density at radius 2 is 1.69 bits per heavy atom. The molecule has 0 saturated carbocycles. The molecule has 2 aliphatic rings. The molecule has 4 nitrogen and oxygen atoms in total. The van der Waals surface area contributed by atoms with E-state index in [0.717, 1.165) is 19.3 Å². The van der Waals surface area contributed by atoms with Crippen LogP contribution in [-0.4, -0.2) is 43.2 Å². The van der Waals surface area contributed by atoms with Crippen LogP contribution < -0.4 is 0 Å². The highest BCUT2D eigenvalue weighted by atomic mass is 32.2. The van der Waals surface area contributed by atoms with Crippen molar-refractivity contribution in [3.63, 3.8) is 0 Å². The predicted octanol–water partition coefficient (Wildman–Crippen LogP) is 0.237. The van der Waals surface area contributed by atoms with Gasteiger partial charge in [0.05, 0.1) is 0 Å². The molecule has 0 unspecified atom stereocenters. The molecule has 2 aliphatic heterocycles. The number of hydrogen-bond acceptors (Lipinski definition) is 2. The Bertz CT molecular complexity index is 266. The van der Waals surface area contributed by atoms with Crippen molar-refractivity contribution in [3.05, 3.63) is 6.42 Å². The van der Waals surface area contributed by atoms with Crippen molar-refractivity contribution >= 4 is 10.2 Å². The van der Waals surface area contributed by atoms with Crippen LogP contribution in [-0.2, 0) is 10.2 Å². The first kappa shape index (κ1) is 9.43. The summed E-state index contributed by atoms with van der Waals surface area (Å²) in [7, 11) is -3.09. The average molecular weight is 203 g/mol. The first-order valence-corrected chi connectivity index (χ1v) is 6.18. The highest BCUT2D eigenvalue weighted by Gasteiger charge is 2.33. The van der Waals surface area contributed by atoms with E-state index in [4.69, 9.17) is 0 Å². The zero-order chi connectivity index (χ0) is 9.31. The van der Waals surface area contributed by atoms with Gasteiger partial charge in [0.15, 0.2) is 0 Å². The van der Waals surface area contributed by atoms with Crippen LogP contribution in [0.5, 0.6) is 0 Å². The summed E-state index contributed by atoms with van der Waals surface area (Å²) in [6, 6.07) is 0. The van der Waals surface area contributed by atoms with Crippen molar-refractivity contribution in [2.24, 2.45) is 0 Å². The fraction of sp³-hybridized carbons (Fsp3) is 0.875. The normalized spacial score (nSPS) is 27.1. The molecule has 0 aromatic heterocycles. The number of nitrogens with zero attached hydrogens (tertiary/aromatic N) is 2. The van der Waals surface area contributed by atoms with Crippen molar-refractivity contribution in [2.75, 3.05) is 26.2 Å². The third-order valence-electron chi connectivity index (χ3n) is 2.62. The Labute approximate surface area is 79.7 Å². The van der Waals surface area contributed by atoms with Crippen molar-refractivity contribution in [2.45, 2.75) is 19.3 Å². The fourth-order valence-corrected chi connectivity index (χ4v) is 3.33. The summed E-state index contributed by atoms with van der Waals surface area (Å²) in [5.41, 5.74) is 0. The lowest BCUT2D eigenvalue weighted by Crippen LogP contribution is -2.51. The lowest BCUT2D eigenvalue weighted by atomic mass is 10.2. The van der Waals surface area contributed by atoms with Crippen LogP contribution in [0, 0.1) is 6.42 Å². The molecule has 5 heteroatoms. The van der Waals surface area contributed by atoms with E-state index < -0.39 is 10.2 Å². The van der Waals surface area contributed by atoms with Gasteiger partial charge in [-0.05, 0) is 25.7 Å². The second-order valence-corrected chi connectivity index (χ2v) is 5.48. The van der Waals surface area contributed by atoms with E-state index in [1.165, 1.54) is 0 Å². The molecule has 1 radical (unpaired) electrons. The Balaban J connectivity index is 2.03. The molecule has 75 valence electrons. The fourth-order valence-electron chi connectivity index (χ4n) is 1.63. The summed E-state index contributed by atoms with van der Waals surface area (Å²) in [4.78, 5) is 0. The van der Waals surface area contributed by atoms with E-state index in [2.05, 4.69) is 0 Å². The smallest absolute Gasteiger partial charge is 0.195 e. The van der Waals surface area contributed by atoms with Gasteiger partial charge in [0, 0.05) is 26.2 Å². The lowest BCUT2D eigenvalue weighted by Gasteiger charge is -2.36. The molecule has 0 N–H and O–H groups in total. The molecule has 13 heavy (non-hydrogen) atoms. The van der Waals surface area contributed by atoms with Crippen LogP contribution in [0.2, 0.25) is 0 Å². The maximum Gasteiger partial charge on any atom is 0.281 e. The third kappa shape index (κ3) is 1.73. The van der Waals surface area contributed by atoms with Crippen LogP contribution in [0.15, 0.2) is 0 Å². The highest BCUT2D eigenvalue weighted by molar-refractivity contribution is 7.86.